The predicted molar refractivity (Wildman–Crippen MR) is 123 cm³/mol. The van der Waals surface area contributed by atoms with Gasteiger partial charge in [-0.15, -0.1) is 0 Å². The Hall–Kier alpha value is -3.21. The average Bonchev–Trinajstić information content (AvgIpc) is 3.04. The highest BCUT2D eigenvalue weighted by molar-refractivity contribution is 6.09. The summed E-state index contributed by atoms with van der Waals surface area (Å²) in [6, 6.07) is 2.76. The maximum Gasteiger partial charge on any atom is 0.329 e. The molecule has 3 heterocycles. The lowest BCUT2D eigenvalue weighted by molar-refractivity contribution is -0.161. The van der Waals surface area contributed by atoms with Crippen molar-refractivity contribution in [1.29, 1.82) is 0 Å². The molecule has 1 aromatic heterocycles. The summed E-state index contributed by atoms with van der Waals surface area (Å²) in [6.45, 7) is 6.22. The maximum absolute atomic E-state index is 15.6. The Bertz CT molecular complexity index is 1150. The molecule has 0 atom stereocenters. The maximum atomic E-state index is 15.6. The van der Waals surface area contributed by atoms with Gasteiger partial charge in [0.1, 0.15) is 11.1 Å². The van der Waals surface area contributed by atoms with Gasteiger partial charge in [-0.1, -0.05) is 0 Å². The zero-order valence-corrected chi connectivity index (χ0v) is 19.9. The average molecular weight is 476 g/mol. The van der Waals surface area contributed by atoms with Gasteiger partial charge in [-0.2, -0.15) is 5.10 Å². The second-order valence-electron chi connectivity index (χ2n) is 9.97. The highest BCUT2D eigenvalue weighted by Gasteiger charge is 2.37. The van der Waals surface area contributed by atoms with Crippen molar-refractivity contribution in [2.24, 2.45) is 7.05 Å². The van der Waals surface area contributed by atoms with Crippen molar-refractivity contribution in [2.75, 3.05) is 29.4 Å². The number of hydrogen-bond acceptors (Lipinski definition) is 7. The molecular formula is C23H30FN5O5. The van der Waals surface area contributed by atoms with Crippen molar-refractivity contribution in [3.63, 3.8) is 0 Å². The minimum Gasteiger partial charge on any atom is -0.460 e. The van der Waals surface area contributed by atoms with Gasteiger partial charge >= 0.3 is 12.0 Å². The molecule has 0 saturated carbocycles. The molecule has 2 fully saturated rings. The first kappa shape index (κ1) is 23.9. The van der Waals surface area contributed by atoms with Crippen LogP contribution in [0.15, 0.2) is 12.1 Å². The number of halogens is 1. The second-order valence-corrected chi connectivity index (χ2v) is 9.97. The van der Waals surface area contributed by atoms with E-state index in [1.165, 1.54) is 9.58 Å². The summed E-state index contributed by atoms with van der Waals surface area (Å²) in [6.07, 6.45) is 0.625. The van der Waals surface area contributed by atoms with E-state index in [0.717, 1.165) is 0 Å². The molecule has 4 rings (SSSR count). The van der Waals surface area contributed by atoms with Crippen molar-refractivity contribution in [3.8, 4) is 0 Å². The molecule has 0 unspecified atom stereocenters. The van der Waals surface area contributed by atoms with Crippen LogP contribution in [-0.4, -0.2) is 63.6 Å². The number of urea groups is 1. The number of fused-ring (bicyclic) bond motifs is 1. The molecule has 184 valence electrons. The summed E-state index contributed by atoms with van der Waals surface area (Å²) in [7, 11) is 1.60. The van der Waals surface area contributed by atoms with Gasteiger partial charge in [0.25, 0.3) is 0 Å². The largest absolute Gasteiger partial charge is 0.460 e. The van der Waals surface area contributed by atoms with Crippen LogP contribution in [0.3, 0.4) is 0 Å². The number of rotatable bonds is 4. The van der Waals surface area contributed by atoms with Crippen LogP contribution >= 0.6 is 0 Å². The van der Waals surface area contributed by atoms with E-state index < -0.39 is 29.0 Å². The highest BCUT2D eigenvalue weighted by Crippen LogP contribution is 2.36. The fourth-order valence-corrected chi connectivity index (χ4v) is 4.49. The molecule has 2 saturated heterocycles. The third-order valence-electron chi connectivity index (χ3n) is 6.14. The molecule has 0 aliphatic carbocycles. The number of esters is 1. The van der Waals surface area contributed by atoms with Crippen LogP contribution in [0.1, 0.15) is 46.5 Å². The first-order valence-electron chi connectivity index (χ1n) is 11.3. The third-order valence-corrected chi connectivity index (χ3v) is 6.14. The van der Waals surface area contributed by atoms with Gasteiger partial charge in [-0.05, 0) is 45.7 Å². The summed E-state index contributed by atoms with van der Waals surface area (Å²) in [5.41, 5.74) is -1.22. The van der Waals surface area contributed by atoms with Crippen LogP contribution in [0.4, 0.5) is 20.7 Å². The molecule has 0 bridgehead atoms. The van der Waals surface area contributed by atoms with Crippen LogP contribution < -0.4 is 15.1 Å². The summed E-state index contributed by atoms with van der Waals surface area (Å²) in [5.74, 6) is -1.00. The number of carbonyl (C=O) groups excluding carboxylic acids is 3. The molecule has 2 aliphatic rings. The van der Waals surface area contributed by atoms with Crippen molar-refractivity contribution in [2.45, 2.75) is 57.7 Å². The third kappa shape index (κ3) is 4.70. The first-order valence-corrected chi connectivity index (χ1v) is 11.3. The second kappa shape index (κ2) is 8.53. The van der Waals surface area contributed by atoms with Gasteiger partial charge in [0.05, 0.1) is 17.7 Å². The number of imide groups is 1. The standard InChI is InChI=1S/C23H30FN5O5/c1-22(2,3)34-17(31)13-23(33)8-11-28(12-9-23)15-6-5-14-19(18(15)24)27(4)26-20(14)29-10-7-16(30)25-21(29)32/h5-6,33H,7-13H2,1-4H3,(H,25,30,32). The minimum absolute atomic E-state index is 0.106. The fourth-order valence-electron chi connectivity index (χ4n) is 4.49. The van der Waals surface area contributed by atoms with Gasteiger partial charge in [0.15, 0.2) is 11.6 Å². The van der Waals surface area contributed by atoms with E-state index in [4.69, 9.17) is 4.74 Å². The van der Waals surface area contributed by atoms with E-state index >= 15 is 4.39 Å². The number of benzene rings is 1. The summed E-state index contributed by atoms with van der Waals surface area (Å²) >= 11 is 0. The van der Waals surface area contributed by atoms with Gasteiger partial charge in [0, 0.05) is 38.5 Å². The smallest absolute Gasteiger partial charge is 0.329 e. The molecule has 11 heteroatoms. The predicted octanol–water partition coefficient (Wildman–Crippen LogP) is 2.22. The Balaban J connectivity index is 1.52. The van der Waals surface area contributed by atoms with E-state index in [0.29, 0.717) is 42.8 Å². The number of hydrogen-bond donors (Lipinski definition) is 2. The Morgan fingerprint density at radius 1 is 1.24 bits per heavy atom. The molecule has 0 spiro atoms. The SMILES string of the molecule is Cn1nc(N2CCC(=O)NC2=O)c2ccc(N3CCC(O)(CC(=O)OC(C)(C)C)CC3)c(F)c21. The number of ether oxygens (including phenoxy) is 1. The number of anilines is 2. The number of piperidine rings is 1. The molecule has 1 aromatic carbocycles. The van der Waals surface area contributed by atoms with Crippen molar-refractivity contribution >= 4 is 40.3 Å². The number of amides is 3. The Morgan fingerprint density at radius 3 is 2.53 bits per heavy atom. The summed E-state index contributed by atoms with van der Waals surface area (Å²) < 4.78 is 22.3. The zero-order valence-electron chi connectivity index (χ0n) is 19.9. The molecular weight excluding hydrogens is 445 g/mol. The Morgan fingerprint density at radius 2 is 1.91 bits per heavy atom. The lowest BCUT2D eigenvalue weighted by Crippen LogP contribution is -2.49. The normalized spacial score (nSPS) is 18.9. The van der Waals surface area contributed by atoms with Crippen LogP contribution in [0.5, 0.6) is 0 Å². The molecule has 3 amide bonds. The highest BCUT2D eigenvalue weighted by atomic mass is 19.1. The van der Waals surface area contributed by atoms with E-state index in [-0.39, 0.29) is 30.8 Å². The van der Waals surface area contributed by atoms with Crippen molar-refractivity contribution in [1.82, 2.24) is 15.1 Å². The number of carbonyl (C=O) groups is 3. The lowest BCUT2D eigenvalue weighted by atomic mass is 9.88. The monoisotopic (exact) mass is 475 g/mol. The molecule has 2 aromatic rings. The molecule has 2 N–H and O–H groups in total. The number of aliphatic hydroxyl groups is 1. The number of aryl methyl sites for hydroxylation is 1. The van der Waals surface area contributed by atoms with Gasteiger partial charge in [-0.3, -0.25) is 24.5 Å². The first-order chi connectivity index (χ1) is 15.9. The fraction of sp³-hybridized carbons (Fsp3) is 0.565. The zero-order chi connectivity index (χ0) is 24.8. The Labute approximate surface area is 196 Å². The number of nitrogens with one attached hydrogen (secondary N) is 1. The van der Waals surface area contributed by atoms with Gasteiger partial charge in [0.2, 0.25) is 5.91 Å². The van der Waals surface area contributed by atoms with Crippen LogP contribution in [0.25, 0.3) is 10.9 Å². The van der Waals surface area contributed by atoms with Gasteiger partial charge in [-0.25, -0.2) is 9.18 Å². The van der Waals surface area contributed by atoms with Crippen molar-refractivity contribution in [3.05, 3.63) is 17.9 Å². The van der Waals surface area contributed by atoms with Crippen molar-refractivity contribution < 1.29 is 28.6 Å². The summed E-state index contributed by atoms with van der Waals surface area (Å²) in [5, 5.41) is 17.9. The van der Waals surface area contributed by atoms with Crippen LogP contribution in [-0.2, 0) is 21.4 Å². The molecule has 34 heavy (non-hydrogen) atoms. The quantitative estimate of drug-likeness (QED) is 0.651. The summed E-state index contributed by atoms with van der Waals surface area (Å²) in [4.78, 5) is 39.1. The van der Waals surface area contributed by atoms with Crippen LogP contribution in [0, 0.1) is 5.82 Å². The van der Waals surface area contributed by atoms with E-state index in [9.17, 15) is 19.5 Å². The molecule has 2 aliphatic heterocycles. The van der Waals surface area contributed by atoms with Crippen LogP contribution in [0.2, 0.25) is 0 Å². The van der Waals surface area contributed by atoms with E-state index in [1.54, 1.807) is 40.0 Å². The minimum atomic E-state index is -1.20. The topological polar surface area (TPSA) is 117 Å². The number of aromatic nitrogens is 2. The van der Waals surface area contributed by atoms with E-state index in [1.807, 2.05) is 4.90 Å². The molecule has 0 radical (unpaired) electrons. The Kier molecular flexibility index (Phi) is 6.01. The lowest BCUT2D eigenvalue weighted by Gasteiger charge is -2.39. The van der Waals surface area contributed by atoms with E-state index in [2.05, 4.69) is 10.4 Å². The number of nitrogens with zero attached hydrogens (tertiary/aromatic N) is 4. The van der Waals surface area contributed by atoms with Gasteiger partial charge < -0.3 is 14.7 Å². The molecule has 10 nitrogen and oxygen atoms in total.